The normalized spacial score (nSPS) is 27.6. The fourth-order valence-corrected chi connectivity index (χ4v) is 4.60. The van der Waals surface area contributed by atoms with E-state index in [1.165, 1.54) is 11.1 Å². The highest BCUT2D eigenvalue weighted by Crippen LogP contribution is 2.53. The maximum Gasteiger partial charge on any atom is 0.509 e. The standard InChI is InChI=1S/C23H24N2/c1-16(2)19-14-13-17(3)22-21(19)20(18-10-7-6-8-11-18)12-9-15-23(22,24-4)25-5/h6-12,19-21H,1,13-15H2,2-3H3/t19-,20+,21+/m1/s1. The maximum absolute atomic E-state index is 7.82. The van der Waals surface area contributed by atoms with Crippen LogP contribution in [0.25, 0.3) is 9.69 Å². The van der Waals surface area contributed by atoms with Gasteiger partial charge in [0.15, 0.2) is 0 Å². The molecule has 0 unspecified atom stereocenters. The Morgan fingerprint density at radius 3 is 2.48 bits per heavy atom. The highest BCUT2D eigenvalue weighted by atomic mass is 15.0. The Morgan fingerprint density at radius 2 is 1.88 bits per heavy atom. The van der Waals surface area contributed by atoms with E-state index in [1.807, 2.05) is 6.07 Å². The van der Waals surface area contributed by atoms with Crippen LogP contribution in [-0.2, 0) is 0 Å². The molecular formula is C23H24N2. The van der Waals surface area contributed by atoms with Crippen LogP contribution in [-0.4, -0.2) is 5.66 Å². The summed E-state index contributed by atoms with van der Waals surface area (Å²) in [6.45, 7) is 24.1. The molecule has 3 atom stereocenters. The van der Waals surface area contributed by atoms with Crippen LogP contribution >= 0.6 is 0 Å². The summed E-state index contributed by atoms with van der Waals surface area (Å²) in [6, 6.07) is 10.5. The summed E-state index contributed by atoms with van der Waals surface area (Å²) in [5.41, 5.74) is 3.64. The van der Waals surface area contributed by atoms with Gasteiger partial charge >= 0.3 is 5.66 Å². The van der Waals surface area contributed by atoms with Crippen LogP contribution in [0.5, 0.6) is 0 Å². The highest BCUT2D eigenvalue weighted by Gasteiger charge is 2.56. The lowest BCUT2D eigenvalue weighted by Crippen LogP contribution is -2.36. The van der Waals surface area contributed by atoms with E-state index in [0.29, 0.717) is 12.3 Å². The molecule has 2 aliphatic rings. The molecule has 3 rings (SSSR count). The summed E-state index contributed by atoms with van der Waals surface area (Å²) in [5, 5.41) is 0. The van der Waals surface area contributed by atoms with E-state index in [-0.39, 0.29) is 11.8 Å². The minimum Gasteiger partial charge on any atom is -0.226 e. The molecule has 126 valence electrons. The van der Waals surface area contributed by atoms with Crippen LogP contribution < -0.4 is 0 Å². The van der Waals surface area contributed by atoms with Crippen molar-refractivity contribution in [2.75, 3.05) is 0 Å². The molecule has 0 saturated carbocycles. The Morgan fingerprint density at radius 1 is 1.20 bits per heavy atom. The summed E-state index contributed by atoms with van der Waals surface area (Å²) in [6.07, 6.45) is 6.78. The first-order valence-electron chi connectivity index (χ1n) is 8.88. The van der Waals surface area contributed by atoms with Crippen LogP contribution in [0.4, 0.5) is 0 Å². The quantitative estimate of drug-likeness (QED) is 0.452. The van der Waals surface area contributed by atoms with Gasteiger partial charge < -0.3 is 0 Å². The van der Waals surface area contributed by atoms with E-state index in [2.05, 4.69) is 66.5 Å². The zero-order valence-corrected chi connectivity index (χ0v) is 15.0. The molecule has 0 spiro atoms. The van der Waals surface area contributed by atoms with Gasteiger partial charge in [-0.3, -0.25) is 0 Å². The third-order valence-corrected chi connectivity index (χ3v) is 5.81. The van der Waals surface area contributed by atoms with Gasteiger partial charge in [0, 0.05) is 11.8 Å². The van der Waals surface area contributed by atoms with Crippen molar-refractivity contribution in [3.05, 3.63) is 94.2 Å². The Bertz CT molecular complexity index is 800. The first-order valence-corrected chi connectivity index (χ1v) is 8.88. The molecule has 1 aromatic rings. The van der Waals surface area contributed by atoms with Crippen LogP contribution in [0, 0.1) is 25.0 Å². The number of benzene rings is 1. The summed E-state index contributed by atoms with van der Waals surface area (Å²) in [4.78, 5) is 7.74. The molecule has 2 nitrogen and oxygen atoms in total. The molecule has 0 radical (unpaired) electrons. The third kappa shape index (κ3) is 2.83. The van der Waals surface area contributed by atoms with Crippen LogP contribution in [0.15, 0.2) is 65.8 Å². The van der Waals surface area contributed by atoms with Gasteiger partial charge in [0.1, 0.15) is 12.0 Å². The van der Waals surface area contributed by atoms with Crippen molar-refractivity contribution in [2.45, 2.75) is 44.7 Å². The molecule has 0 amide bonds. The Balaban J connectivity index is 2.25. The number of allylic oxidation sites excluding steroid dienone is 3. The summed E-state index contributed by atoms with van der Waals surface area (Å²) < 4.78 is 0. The number of nitrogens with zero attached hydrogens (tertiary/aromatic N) is 2. The van der Waals surface area contributed by atoms with E-state index >= 15 is 0 Å². The van der Waals surface area contributed by atoms with Crippen molar-refractivity contribution in [2.24, 2.45) is 11.8 Å². The molecule has 0 bridgehead atoms. The molecule has 1 aromatic carbocycles. The monoisotopic (exact) mass is 328 g/mol. The van der Waals surface area contributed by atoms with Gasteiger partial charge in [-0.25, -0.2) is 22.8 Å². The van der Waals surface area contributed by atoms with Gasteiger partial charge in [-0.2, -0.15) is 0 Å². The van der Waals surface area contributed by atoms with Crippen molar-refractivity contribution >= 4 is 0 Å². The van der Waals surface area contributed by atoms with Gasteiger partial charge in [-0.05, 0) is 38.2 Å². The molecule has 2 aliphatic carbocycles. The van der Waals surface area contributed by atoms with Gasteiger partial charge in [0.05, 0.1) is 0 Å². The van der Waals surface area contributed by atoms with Crippen LogP contribution in [0.2, 0.25) is 0 Å². The second kappa shape index (κ2) is 6.73. The largest absolute Gasteiger partial charge is 0.509 e. The molecule has 0 saturated heterocycles. The van der Waals surface area contributed by atoms with Gasteiger partial charge in [-0.1, -0.05) is 60.2 Å². The number of hydrogen-bond donors (Lipinski definition) is 0. The van der Waals surface area contributed by atoms with Gasteiger partial charge in [0.2, 0.25) is 0 Å². The summed E-state index contributed by atoms with van der Waals surface area (Å²) in [5.74, 6) is 0.656. The molecule has 0 aromatic heterocycles. The lowest BCUT2D eigenvalue weighted by molar-refractivity contribution is 0.333. The van der Waals surface area contributed by atoms with E-state index in [0.717, 1.165) is 24.0 Å². The molecule has 0 N–H and O–H groups in total. The smallest absolute Gasteiger partial charge is 0.226 e. The van der Waals surface area contributed by atoms with Crippen molar-refractivity contribution < 1.29 is 0 Å². The lowest BCUT2D eigenvalue weighted by atomic mass is 9.63. The predicted molar refractivity (Wildman–Crippen MR) is 103 cm³/mol. The number of fused-ring (bicyclic) bond motifs is 1. The van der Waals surface area contributed by atoms with Crippen molar-refractivity contribution in [1.82, 2.24) is 0 Å². The highest BCUT2D eigenvalue weighted by molar-refractivity contribution is 5.45. The fourth-order valence-electron chi connectivity index (χ4n) is 4.60. The van der Waals surface area contributed by atoms with E-state index in [9.17, 15) is 0 Å². The van der Waals surface area contributed by atoms with E-state index < -0.39 is 5.66 Å². The Kier molecular flexibility index (Phi) is 4.65. The SMILES string of the molecule is [C-]#[N+]C1([N+]#[C-])CC=C[C@@H](c2ccccc2)[C@H]2C1=C(C)CC[C@@H]2C(=C)C. The molecular weight excluding hydrogens is 304 g/mol. The van der Waals surface area contributed by atoms with E-state index in [1.54, 1.807) is 0 Å². The molecule has 25 heavy (non-hydrogen) atoms. The minimum atomic E-state index is -1.08. The third-order valence-electron chi connectivity index (χ3n) is 5.81. The van der Waals surface area contributed by atoms with Gasteiger partial charge in [-0.15, -0.1) is 0 Å². The fraction of sp³-hybridized carbons (Fsp3) is 0.391. The van der Waals surface area contributed by atoms with Crippen LogP contribution in [0.3, 0.4) is 0 Å². The first kappa shape index (κ1) is 17.2. The maximum atomic E-state index is 7.82. The first-order chi connectivity index (χ1) is 12.0. The lowest BCUT2D eigenvalue weighted by Gasteiger charge is -2.38. The Labute approximate surface area is 151 Å². The number of rotatable bonds is 2. The van der Waals surface area contributed by atoms with Crippen molar-refractivity contribution in [3.63, 3.8) is 0 Å². The topological polar surface area (TPSA) is 8.72 Å². The Hall–Kier alpha value is -2.58. The molecule has 0 fully saturated rings. The van der Waals surface area contributed by atoms with Crippen molar-refractivity contribution in [1.29, 1.82) is 0 Å². The second-order valence-electron chi connectivity index (χ2n) is 7.32. The molecule has 0 heterocycles. The van der Waals surface area contributed by atoms with Crippen LogP contribution in [0.1, 0.15) is 44.6 Å². The second-order valence-corrected chi connectivity index (χ2v) is 7.32. The predicted octanol–water partition coefficient (Wildman–Crippen LogP) is 6.18. The average molecular weight is 328 g/mol. The zero-order valence-electron chi connectivity index (χ0n) is 15.0. The van der Waals surface area contributed by atoms with E-state index in [4.69, 9.17) is 13.1 Å². The minimum absolute atomic E-state index is 0.149. The molecule has 0 aliphatic heterocycles. The van der Waals surface area contributed by atoms with Gasteiger partial charge in [0.25, 0.3) is 0 Å². The molecule has 2 heteroatoms. The zero-order chi connectivity index (χ0) is 18.0. The number of hydrogen-bond acceptors (Lipinski definition) is 0. The summed E-state index contributed by atoms with van der Waals surface area (Å²) in [7, 11) is 0. The van der Waals surface area contributed by atoms with Crippen molar-refractivity contribution in [3.8, 4) is 0 Å². The average Bonchev–Trinajstić information content (AvgIpc) is 2.80. The summed E-state index contributed by atoms with van der Waals surface area (Å²) >= 11 is 0.